The van der Waals surface area contributed by atoms with Gasteiger partial charge in [0.25, 0.3) is 0 Å². The molecule has 1 N–H and O–H groups in total. The van der Waals surface area contributed by atoms with E-state index in [1.165, 1.54) is 0 Å². The van der Waals surface area contributed by atoms with Crippen LogP contribution in [0, 0.1) is 0 Å². The number of hydrogen-bond acceptors (Lipinski definition) is 3. The van der Waals surface area contributed by atoms with Crippen LogP contribution in [0.1, 0.15) is 13.3 Å². The minimum atomic E-state index is -0.0230. The van der Waals surface area contributed by atoms with Gasteiger partial charge in [0, 0.05) is 18.2 Å². The molecule has 98 valence electrons. The largest absolute Gasteiger partial charge is 0.439 e. The fraction of sp³-hybridized carbons (Fsp3) is 0.143. The summed E-state index contributed by atoms with van der Waals surface area (Å²) in [5.74, 6) is 1.03. The second-order valence-electron chi connectivity index (χ2n) is 3.83. The Bertz CT molecular complexity index is 570. The van der Waals surface area contributed by atoms with E-state index in [-0.39, 0.29) is 5.91 Å². The van der Waals surface area contributed by atoms with Gasteiger partial charge in [0.1, 0.15) is 10.9 Å². The highest BCUT2D eigenvalue weighted by Gasteiger charge is 2.01. The molecule has 0 saturated carbocycles. The van der Waals surface area contributed by atoms with Crippen molar-refractivity contribution in [1.29, 1.82) is 0 Å². The number of nitrogens with one attached hydrogen (secondary N) is 1. The maximum Gasteiger partial charge on any atom is 0.224 e. The number of aromatic nitrogens is 1. The zero-order valence-corrected chi connectivity index (χ0v) is 11.1. The molecular formula is C14H13ClN2O2. The Morgan fingerprint density at radius 3 is 2.63 bits per heavy atom. The van der Waals surface area contributed by atoms with Gasteiger partial charge in [0.15, 0.2) is 0 Å². The Morgan fingerprint density at radius 2 is 2.00 bits per heavy atom. The van der Waals surface area contributed by atoms with Crippen molar-refractivity contribution in [3.63, 3.8) is 0 Å². The lowest BCUT2D eigenvalue weighted by Crippen LogP contribution is -2.08. The summed E-state index contributed by atoms with van der Waals surface area (Å²) >= 11 is 5.77. The monoisotopic (exact) mass is 276 g/mol. The lowest BCUT2D eigenvalue weighted by molar-refractivity contribution is -0.115. The van der Waals surface area contributed by atoms with E-state index in [9.17, 15) is 4.79 Å². The van der Waals surface area contributed by atoms with E-state index in [4.69, 9.17) is 16.3 Å². The van der Waals surface area contributed by atoms with Crippen molar-refractivity contribution in [1.82, 2.24) is 4.98 Å². The minimum absolute atomic E-state index is 0.0230. The predicted octanol–water partition coefficient (Wildman–Crippen LogP) is 3.88. The SMILES string of the molecule is CCC(=O)Nc1ccc(Oc2cccc(Cl)n2)cc1. The minimum Gasteiger partial charge on any atom is -0.439 e. The summed E-state index contributed by atoms with van der Waals surface area (Å²) < 4.78 is 5.54. The number of anilines is 1. The second kappa shape index (κ2) is 6.20. The Hall–Kier alpha value is -2.07. The van der Waals surface area contributed by atoms with Gasteiger partial charge in [0.2, 0.25) is 11.8 Å². The number of benzene rings is 1. The molecule has 0 fully saturated rings. The first-order chi connectivity index (χ1) is 9.17. The number of amides is 1. The van der Waals surface area contributed by atoms with Crippen LogP contribution in [-0.4, -0.2) is 10.9 Å². The molecule has 0 bridgehead atoms. The molecule has 0 saturated heterocycles. The molecule has 19 heavy (non-hydrogen) atoms. The van der Waals surface area contributed by atoms with Gasteiger partial charge in [-0.2, -0.15) is 0 Å². The number of hydrogen-bond donors (Lipinski definition) is 1. The van der Waals surface area contributed by atoms with Crippen molar-refractivity contribution in [3.05, 3.63) is 47.6 Å². The molecular weight excluding hydrogens is 264 g/mol. The smallest absolute Gasteiger partial charge is 0.224 e. The Labute approximate surface area is 116 Å². The molecule has 0 aliphatic rings. The molecule has 0 aliphatic heterocycles. The molecule has 0 unspecified atom stereocenters. The molecule has 0 aliphatic carbocycles. The lowest BCUT2D eigenvalue weighted by atomic mass is 10.3. The topological polar surface area (TPSA) is 51.2 Å². The maximum absolute atomic E-state index is 11.2. The number of ether oxygens (including phenoxy) is 1. The summed E-state index contributed by atoms with van der Waals surface area (Å²) in [6.45, 7) is 1.80. The van der Waals surface area contributed by atoms with Crippen molar-refractivity contribution in [2.24, 2.45) is 0 Å². The fourth-order valence-corrected chi connectivity index (χ4v) is 1.58. The summed E-state index contributed by atoms with van der Waals surface area (Å²) in [5.41, 5.74) is 0.734. The first-order valence-electron chi connectivity index (χ1n) is 5.87. The predicted molar refractivity (Wildman–Crippen MR) is 74.7 cm³/mol. The average Bonchev–Trinajstić information content (AvgIpc) is 2.41. The highest BCUT2D eigenvalue weighted by Crippen LogP contribution is 2.22. The van der Waals surface area contributed by atoms with Crippen molar-refractivity contribution in [2.45, 2.75) is 13.3 Å². The van der Waals surface area contributed by atoms with Crippen molar-refractivity contribution >= 4 is 23.2 Å². The van der Waals surface area contributed by atoms with Crippen LogP contribution in [0.4, 0.5) is 5.69 Å². The van der Waals surface area contributed by atoms with Crippen LogP contribution >= 0.6 is 11.6 Å². The first-order valence-corrected chi connectivity index (χ1v) is 6.25. The third-order valence-corrected chi connectivity index (χ3v) is 2.58. The number of carbonyl (C=O) groups excluding carboxylic acids is 1. The fourth-order valence-electron chi connectivity index (χ4n) is 1.42. The molecule has 1 amide bonds. The van der Waals surface area contributed by atoms with Crippen molar-refractivity contribution in [3.8, 4) is 11.6 Å². The molecule has 1 heterocycles. The van der Waals surface area contributed by atoms with Crippen molar-refractivity contribution < 1.29 is 9.53 Å². The lowest BCUT2D eigenvalue weighted by Gasteiger charge is -2.07. The summed E-state index contributed by atoms with van der Waals surface area (Å²) in [6, 6.07) is 12.2. The molecule has 5 heteroatoms. The van der Waals surface area contributed by atoms with E-state index in [1.54, 1.807) is 49.4 Å². The Morgan fingerprint density at radius 1 is 1.26 bits per heavy atom. The Kier molecular flexibility index (Phi) is 4.36. The number of halogens is 1. The van der Waals surface area contributed by atoms with Gasteiger partial charge in [0.05, 0.1) is 0 Å². The maximum atomic E-state index is 11.2. The van der Waals surface area contributed by atoms with Gasteiger partial charge in [-0.25, -0.2) is 4.98 Å². The summed E-state index contributed by atoms with van der Waals surface area (Å²) in [6.07, 6.45) is 0.449. The van der Waals surface area contributed by atoms with Crippen LogP contribution in [0.15, 0.2) is 42.5 Å². The summed E-state index contributed by atoms with van der Waals surface area (Å²) in [7, 11) is 0. The number of pyridine rings is 1. The molecule has 0 spiro atoms. The van der Waals surface area contributed by atoms with E-state index in [0.717, 1.165) is 5.69 Å². The van der Waals surface area contributed by atoms with Crippen molar-refractivity contribution in [2.75, 3.05) is 5.32 Å². The second-order valence-corrected chi connectivity index (χ2v) is 4.21. The zero-order chi connectivity index (χ0) is 13.7. The van der Waals surface area contributed by atoms with Gasteiger partial charge in [-0.1, -0.05) is 24.6 Å². The molecule has 1 aromatic heterocycles. The van der Waals surface area contributed by atoms with Gasteiger partial charge in [-0.3, -0.25) is 4.79 Å². The highest BCUT2D eigenvalue weighted by atomic mass is 35.5. The molecule has 2 aromatic rings. The highest BCUT2D eigenvalue weighted by molar-refractivity contribution is 6.29. The summed E-state index contributed by atoms with van der Waals surface area (Å²) in [4.78, 5) is 15.3. The standard InChI is InChI=1S/C14H13ClN2O2/c1-2-13(18)16-10-6-8-11(9-7-10)19-14-5-3-4-12(15)17-14/h3-9H,2H2,1H3,(H,16,18). The third-order valence-electron chi connectivity index (χ3n) is 2.37. The molecule has 1 aromatic carbocycles. The van der Waals surface area contributed by atoms with E-state index in [1.807, 2.05) is 0 Å². The molecule has 2 rings (SSSR count). The first kappa shape index (κ1) is 13.4. The molecule has 4 nitrogen and oxygen atoms in total. The Balaban J connectivity index is 2.04. The van der Waals surface area contributed by atoms with E-state index >= 15 is 0 Å². The van der Waals surface area contributed by atoms with E-state index < -0.39 is 0 Å². The van der Waals surface area contributed by atoms with Crippen LogP contribution < -0.4 is 10.1 Å². The van der Waals surface area contributed by atoms with Crippen LogP contribution in [0.2, 0.25) is 5.15 Å². The van der Waals surface area contributed by atoms with Gasteiger partial charge in [-0.15, -0.1) is 0 Å². The van der Waals surface area contributed by atoms with E-state index in [0.29, 0.717) is 23.2 Å². The molecule has 0 radical (unpaired) electrons. The van der Waals surface area contributed by atoms with Gasteiger partial charge < -0.3 is 10.1 Å². The average molecular weight is 277 g/mol. The van der Waals surface area contributed by atoms with Gasteiger partial charge in [-0.05, 0) is 30.3 Å². The normalized spacial score (nSPS) is 10.0. The summed E-state index contributed by atoms with van der Waals surface area (Å²) in [5, 5.41) is 3.14. The quantitative estimate of drug-likeness (QED) is 0.862. The van der Waals surface area contributed by atoms with Crippen LogP contribution in [-0.2, 0) is 4.79 Å². The third kappa shape index (κ3) is 3.96. The van der Waals surface area contributed by atoms with Crippen LogP contribution in [0.25, 0.3) is 0 Å². The zero-order valence-electron chi connectivity index (χ0n) is 10.4. The molecule has 0 atom stereocenters. The van der Waals surface area contributed by atoms with E-state index in [2.05, 4.69) is 10.3 Å². The van der Waals surface area contributed by atoms with Gasteiger partial charge >= 0.3 is 0 Å². The van der Waals surface area contributed by atoms with Crippen LogP contribution in [0.5, 0.6) is 11.6 Å². The number of carbonyl (C=O) groups is 1. The number of rotatable bonds is 4. The number of nitrogens with zero attached hydrogens (tertiary/aromatic N) is 1. The van der Waals surface area contributed by atoms with Crippen LogP contribution in [0.3, 0.4) is 0 Å².